The van der Waals surface area contributed by atoms with Gasteiger partial charge in [-0.25, -0.2) is 0 Å². The van der Waals surface area contributed by atoms with Crippen LogP contribution in [0.3, 0.4) is 0 Å². The van der Waals surface area contributed by atoms with Gasteiger partial charge in [0.2, 0.25) is 5.91 Å². The van der Waals surface area contributed by atoms with Crippen molar-refractivity contribution in [2.45, 2.75) is 32.9 Å². The van der Waals surface area contributed by atoms with Crippen molar-refractivity contribution in [3.05, 3.63) is 35.9 Å². The van der Waals surface area contributed by atoms with Crippen LogP contribution in [0.4, 0.5) is 0 Å². The molecular formula is C15H24N2O2. The highest BCUT2D eigenvalue weighted by Crippen LogP contribution is 2.01. The molecule has 106 valence electrons. The van der Waals surface area contributed by atoms with Crippen molar-refractivity contribution >= 4 is 5.91 Å². The molecule has 0 saturated carbocycles. The van der Waals surface area contributed by atoms with Crippen molar-refractivity contribution in [1.82, 2.24) is 5.32 Å². The number of nitrogens with two attached hydrogens (primary N) is 1. The Morgan fingerprint density at radius 3 is 2.63 bits per heavy atom. The maximum Gasteiger partial charge on any atom is 0.237 e. The van der Waals surface area contributed by atoms with Crippen molar-refractivity contribution in [3.8, 4) is 0 Å². The van der Waals surface area contributed by atoms with Gasteiger partial charge in [-0.2, -0.15) is 0 Å². The molecule has 0 aliphatic carbocycles. The zero-order valence-corrected chi connectivity index (χ0v) is 11.8. The second-order valence-corrected chi connectivity index (χ2v) is 4.95. The van der Waals surface area contributed by atoms with Gasteiger partial charge >= 0.3 is 0 Å². The Balaban J connectivity index is 2.04. The minimum atomic E-state index is -0.426. The maximum atomic E-state index is 11.6. The van der Waals surface area contributed by atoms with E-state index in [9.17, 15) is 4.79 Å². The monoisotopic (exact) mass is 264 g/mol. The predicted octanol–water partition coefficient (Wildman–Crippen LogP) is 1.69. The minimum Gasteiger partial charge on any atom is -0.377 e. The average molecular weight is 264 g/mol. The highest BCUT2D eigenvalue weighted by atomic mass is 16.5. The van der Waals surface area contributed by atoms with Crippen LogP contribution in [0.1, 0.15) is 25.8 Å². The van der Waals surface area contributed by atoms with E-state index in [4.69, 9.17) is 10.5 Å². The van der Waals surface area contributed by atoms with E-state index < -0.39 is 6.04 Å². The smallest absolute Gasteiger partial charge is 0.237 e. The summed E-state index contributed by atoms with van der Waals surface area (Å²) in [5.41, 5.74) is 6.89. The number of hydrogen-bond acceptors (Lipinski definition) is 3. The molecular weight excluding hydrogens is 240 g/mol. The molecule has 0 bridgehead atoms. The summed E-state index contributed by atoms with van der Waals surface area (Å²) in [6.45, 7) is 5.72. The van der Waals surface area contributed by atoms with Crippen LogP contribution in [-0.2, 0) is 16.1 Å². The number of amides is 1. The molecule has 0 fully saturated rings. The van der Waals surface area contributed by atoms with Crippen molar-refractivity contribution in [3.63, 3.8) is 0 Å². The van der Waals surface area contributed by atoms with E-state index in [2.05, 4.69) is 5.32 Å². The molecule has 1 aromatic carbocycles. The molecule has 4 heteroatoms. The van der Waals surface area contributed by atoms with Crippen molar-refractivity contribution in [1.29, 1.82) is 0 Å². The molecule has 1 aromatic rings. The summed E-state index contributed by atoms with van der Waals surface area (Å²) >= 11 is 0. The van der Waals surface area contributed by atoms with Crippen molar-refractivity contribution in [2.75, 3.05) is 13.2 Å². The third-order valence-electron chi connectivity index (χ3n) is 2.90. The molecule has 3 N–H and O–H groups in total. The van der Waals surface area contributed by atoms with Gasteiger partial charge in [0.25, 0.3) is 0 Å². The molecule has 0 saturated heterocycles. The molecule has 1 atom stereocenters. The van der Waals surface area contributed by atoms with Crippen molar-refractivity contribution < 1.29 is 9.53 Å². The number of benzene rings is 1. The Bertz CT molecular complexity index is 366. The van der Waals surface area contributed by atoms with Crippen LogP contribution < -0.4 is 11.1 Å². The first-order valence-corrected chi connectivity index (χ1v) is 6.76. The lowest BCUT2D eigenvalue weighted by Crippen LogP contribution is -2.44. The van der Waals surface area contributed by atoms with E-state index in [1.807, 2.05) is 44.2 Å². The topological polar surface area (TPSA) is 64.4 Å². The quantitative estimate of drug-likeness (QED) is 0.702. The first-order valence-electron chi connectivity index (χ1n) is 6.76. The highest BCUT2D eigenvalue weighted by molar-refractivity contribution is 5.81. The fraction of sp³-hybridized carbons (Fsp3) is 0.533. The van der Waals surface area contributed by atoms with Gasteiger partial charge in [0.15, 0.2) is 0 Å². The number of carbonyl (C=O) groups excluding carboxylic acids is 1. The Kier molecular flexibility index (Phi) is 7.15. The Morgan fingerprint density at radius 2 is 2.00 bits per heavy atom. The second-order valence-electron chi connectivity index (χ2n) is 4.95. The lowest BCUT2D eigenvalue weighted by molar-refractivity contribution is -0.123. The number of nitrogens with one attached hydrogen (secondary N) is 1. The van der Waals surface area contributed by atoms with E-state index >= 15 is 0 Å². The van der Waals surface area contributed by atoms with Gasteiger partial charge in [-0.15, -0.1) is 0 Å². The lowest BCUT2D eigenvalue weighted by atomic mass is 10.1. The van der Waals surface area contributed by atoms with E-state index in [0.29, 0.717) is 19.8 Å². The molecule has 0 aliphatic heterocycles. The molecule has 19 heavy (non-hydrogen) atoms. The highest BCUT2D eigenvalue weighted by Gasteiger charge is 2.15. The summed E-state index contributed by atoms with van der Waals surface area (Å²) in [5.74, 6) is 0.0763. The van der Waals surface area contributed by atoms with Crippen molar-refractivity contribution in [2.24, 2.45) is 11.7 Å². The van der Waals surface area contributed by atoms with Crippen LogP contribution in [0, 0.1) is 5.92 Å². The Labute approximate surface area is 115 Å². The number of ether oxygens (including phenoxy) is 1. The largest absolute Gasteiger partial charge is 0.377 e. The minimum absolute atomic E-state index is 0.0851. The normalized spacial score (nSPS) is 12.4. The molecule has 1 amide bonds. The van der Waals surface area contributed by atoms with Crippen LogP contribution in [0.15, 0.2) is 30.3 Å². The molecule has 0 spiro atoms. The van der Waals surface area contributed by atoms with Gasteiger partial charge in [-0.3, -0.25) is 4.79 Å². The van der Waals surface area contributed by atoms with Gasteiger partial charge in [0, 0.05) is 13.2 Å². The third kappa shape index (κ3) is 6.36. The Hall–Kier alpha value is -1.39. The second kappa shape index (κ2) is 8.67. The van der Waals surface area contributed by atoms with Gasteiger partial charge in [0.05, 0.1) is 12.6 Å². The zero-order chi connectivity index (χ0) is 14.1. The summed E-state index contributed by atoms with van der Waals surface area (Å²) in [7, 11) is 0. The standard InChI is InChI=1S/C15H24N2O2/c1-12(2)14(16)15(18)17-9-6-10-19-11-13-7-4-3-5-8-13/h3-5,7-8,12,14H,6,9-11,16H2,1-2H3,(H,17,18)/t14-/m0/s1. The first-order chi connectivity index (χ1) is 9.11. The van der Waals surface area contributed by atoms with Crippen LogP contribution in [-0.4, -0.2) is 25.1 Å². The Morgan fingerprint density at radius 1 is 1.32 bits per heavy atom. The van der Waals surface area contributed by atoms with Crippen LogP contribution >= 0.6 is 0 Å². The first kappa shape index (κ1) is 15.7. The molecule has 4 nitrogen and oxygen atoms in total. The van der Waals surface area contributed by atoms with Crippen LogP contribution in [0.2, 0.25) is 0 Å². The van der Waals surface area contributed by atoms with Gasteiger partial charge in [-0.1, -0.05) is 44.2 Å². The molecule has 0 aliphatic rings. The molecule has 1 rings (SSSR count). The zero-order valence-electron chi connectivity index (χ0n) is 11.8. The van der Waals surface area contributed by atoms with Gasteiger partial charge < -0.3 is 15.8 Å². The SMILES string of the molecule is CC(C)[C@H](N)C(=O)NCCCOCc1ccccc1. The third-order valence-corrected chi connectivity index (χ3v) is 2.90. The molecule has 0 heterocycles. The summed E-state index contributed by atoms with van der Waals surface area (Å²) in [4.78, 5) is 11.6. The predicted molar refractivity (Wildman–Crippen MR) is 76.5 cm³/mol. The number of hydrogen-bond donors (Lipinski definition) is 2. The van der Waals surface area contributed by atoms with Crippen LogP contribution in [0.25, 0.3) is 0 Å². The lowest BCUT2D eigenvalue weighted by Gasteiger charge is -2.15. The maximum absolute atomic E-state index is 11.6. The fourth-order valence-corrected chi connectivity index (χ4v) is 1.57. The van der Waals surface area contributed by atoms with E-state index in [0.717, 1.165) is 12.0 Å². The summed E-state index contributed by atoms with van der Waals surface area (Å²) < 4.78 is 5.53. The summed E-state index contributed by atoms with van der Waals surface area (Å²) in [6, 6.07) is 9.60. The van der Waals surface area contributed by atoms with E-state index in [1.54, 1.807) is 0 Å². The fourth-order valence-electron chi connectivity index (χ4n) is 1.57. The molecule has 0 aromatic heterocycles. The van der Waals surface area contributed by atoms with Gasteiger partial charge in [0.1, 0.15) is 0 Å². The number of carbonyl (C=O) groups is 1. The van der Waals surface area contributed by atoms with E-state index in [1.165, 1.54) is 0 Å². The van der Waals surface area contributed by atoms with Crippen LogP contribution in [0.5, 0.6) is 0 Å². The number of rotatable bonds is 8. The van der Waals surface area contributed by atoms with E-state index in [-0.39, 0.29) is 11.8 Å². The molecule has 0 radical (unpaired) electrons. The van der Waals surface area contributed by atoms with Gasteiger partial charge in [-0.05, 0) is 17.9 Å². The molecule has 0 unspecified atom stereocenters. The average Bonchev–Trinajstić information content (AvgIpc) is 2.42. The summed E-state index contributed by atoms with van der Waals surface area (Å²) in [5, 5.41) is 2.82. The summed E-state index contributed by atoms with van der Waals surface area (Å²) in [6.07, 6.45) is 0.795.